The SMILES string of the molecule is CC(C)OCC(O)C1OCC(O)C1O. The minimum atomic E-state index is -1.03. The van der Waals surface area contributed by atoms with E-state index in [0.29, 0.717) is 0 Å². The molecule has 1 fully saturated rings. The maximum absolute atomic E-state index is 9.56. The molecule has 4 unspecified atom stereocenters. The van der Waals surface area contributed by atoms with Gasteiger partial charge in [-0.05, 0) is 13.8 Å². The number of hydrogen-bond donors (Lipinski definition) is 3. The molecule has 14 heavy (non-hydrogen) atoms. The summed E-state index contributed by atoms with van der Waals surface area (Å²) in [5.41, 5.74) is 0. The molecule has 0 aromatic heterocycles. The molecule has 0 amide bonds. The van der Waals surface area contributed by atoms with Gasteiger partial charge in [-0.2, -0.15) is 0 Å². The zero-order valence-corrected chi connectivity index (χ0v) is 8.46. The van der Waals surface area contributed by atoms with Crippen molar-refractivity contribution in [1.29, 1.82) is 0 Å². The minimum Gasteiger partial charge on any atom is -0.388 e. The monoisotopic (exact) mass is 206 g/mol. The lowest BCUT2D eigenvalue weighted by atomic mass is 10.1. The molecule has 0 saturated carbocycles. The highest BCUT2D eigenvalue weighted by atomic mass is 16.6. The predicted octanol–water partition coefficient (Wildman–Crippen LogP) is -1.11. The predicted molar refractivity (Wildman–Crippen MR) is 48.8 cm³/mol. The van der Waals surface area contributed by atoms with Crippen LogP contribution in [0.25, 0.3) is 0 Å². The first-order chi connectivity index (χ1) is 6.52. The van der Waals surface area contributed by atoms with Gasteiger partial charge in [-0.1, -0.05) is 0 Å². The van der Waals surface area contributed by atoms with Gasteiger partial charge >= 0.3 is 0 Å². The lowest BCUT2D eigenvalue weighted by molar-refractivity contribution is -0.0895. The topological polar surface area (TPSA) is 79.2 Å². The van der Waals surface area contributed by atoms with Crippen LogP contribution in [-0.4, -0.2) is 59.1 Å². The third kappa shape index (κ3) is 2.90. The van der Waals surface area contributed by atoms with Gasteiger partial charge in [-0.15, -0.1) is 0 Å². The quantitative estimate of drug-likeness (QED) is 0.544. The van der Waals surface area contributed by atoms with Crippen molar-refractivity contribution in [2.75, 3.05) is 13.2 Å². The largest absolute Gasteiger partial charge is 0.388 e. The van der Waals surface area contributed by atoms with Gasteiger partial charge in [0.1, 0.15) is 24.4 Å². The van der Waals surface area contributed by atoms with Crippen LogP contribution in [0.4, 0.5) is 0 Å². The third-order valence-electron chi connectivity index (χ3n) is 2.17. The van der Waals surface area contributed by atoms with Crippen molar-refractivity contribution in [3.8, 4) is 0 Å². The number of ether oxygens (including phenoxy) is 2. The molecule has 3 N–H and O–H groups in total. The Bertz CT molecular complexity index is 173. The summed E-state index contributed by atoms with van der Waals surface area (Å²) in [5.74, 6) is 0. The molecule has 0 bridgehead atoms. The molecule has 5 heteroatoms. The van der Waals surface area contributed by atoms with Crippen LogP contribution in [0, 0.1) is 0 Å². The Balaban J connectivity index is 2.33. The molecular formula is C9H18O5. The fraction of sp³-hybridized carbons (Fsp3) is 1.00. The van der Waals surface area contributed by atoms with Crippen molar-refractivity contribution in [2.45, 2.75) is 44.4 Å². The lowest BCUT2D eigenvalue weighted by Crippen LogP contribution is -2.41. The molecule has 4 atom stereocenters. The van der Waals surface area contributed by atoms with E-state index in [9.17, 15) is 10.2 Å². The normalized spacial score (nSPS) is 35.1. The Kier molecular flexibility index (Phi) is 4.28. The molecule has 0 spiro atoms. The van der Waals surface area contributed by atoms with Crippen LogP contribution in [0.1, 0.15) is 13.8 Å². The molecule has 0 radical (unpaired) electrons. The van der Waals surface area contributed by atoms with Gasteiger partial charge in [0.05, 0.1) is 19.3 Å². The average Bonchev–Trinajstić information content (AvgIpc) is 2.44. The van der Waals surface area contributed by atoms with E-state index < -0.39 is 24.4 Å². The smallest absolute Gasteiger partial charge is 0.114 e. The minimum absolute atomic E-state index is 0.0214. The maximum atomic E-state index is 9.56. The maximum Gasteiger partial charge on any atom is 0.114 e. The summed E-state index contributed by atoms with van der Waals surface area (Å²) in [7, 11) is 0. The van der Waals surface area contributed by atoms with Crippen molar-refractivity contribution in [3.05, 3.63) is 0 Å². The van der Waals surface area contributed by atoms with Crippen molar-refractivity contribution in [3.63, 3.8) is 0 Å². The number of aliphatic hydroxyl groups excluding tert-OH is 3. The summed E-state index contributed by atoms with van der Waals surface area (Å²) >= 11 is 0. The molecule has 0 aromatic rings. The van der Waals surface area contributed by atoms with Crippen LogP contribution in [0.3, 0.4) is 0 Å². The van der Waals surface area contributed by atoms with E-state index >= 15 is 0 Å². The summed E-state index contributed by atoms with van der Waals surface area (Å²) in [6.07, 6.45) is -3.56. The first-order valence-corrected chi connectivity index (χ1v) is 4.79. The Morgan fingerprint density at radius 1 is 1.43 bits per heavy atom. The Hall–Kier alpha value is -0.200. The number of rotatable bonds is 4. The molecule has 5 nitrogen and oxygen atoms in total. The zero-order chi connectivity index (χ0) is 10.7. The fourth-order valence-electron chi connectivity index (χ4n) is 1.35. The van der Waals surface area contributed by atoms with E-state index in [1.807, 2.05) is 13.8 Å². The van der Waals surface area contributed by atoms with Crippen LogP contribution in [0.2, 0.25) is 0 Å². The van der Waals surface area contributed by atoms with Crippen molar-refractivity contribution in [1.82, 2.24) is 0 Å². The van der Waals surface area contributed by atoms with Gasteiger partial charge in [0, 0.05) is 0 Å². The second kappa shape index (κ2) is 5.04. The van der Waals surface area contributed by atoms with E-state index in [0.717, 1.165) is 0 Å². The standard InChI is InChI=1S/C9H18O5/c1-5(2)13-4-7(11)9-8(12)6(10)3-14-9/h5-12H,3-4H2,1-2H3. The van der Waals surface area contributed by atoms with E-state index in [4.69, 9.17) is 14.6 Å². The molecule has 1 aliphatic rings. The Morgan fingerprint density at radius 2 is 2.07 bits per heavy atom. The summed E-state index contributed by atoms with van der Waals surface area (Å²) in [6, 6.07) is 0. The van der Waals surface area contributed by atoms with E-state index in [-0.39, 0.29) is 19.3 Å². The highest BCUT2D eigenvalue weighted by molar-refractivity contribution is 4.87. The van der Waals surface area contributed by atoms with Crippen LogP contribution in [0.5, 0.6) is 0 Å². The summed E-state index contributed by atoms with van der Waals surface area (Å²) in [6.45, 7) is 3.87. The van der Waals surface area contributed by atoms with Gasteiger partial charge in [-0.3, -0.25) is 0 Å². The molecule has 1 saturated heterocycles. The molecule has 1 rings (SSSR count). The van der Waals surface area contributed by atoms with Crippen LogP contribution < -0.4 is 0 Å². The average molecular weight is 206 g/mol. The van der Waals surface area contributed by atoms with Gasteiger partial charge < -0.3 is 24.8 Å². The van der Waals surface area contributed by atoms with Gasteiger partial charge in [-0.25, -0.2) is 0 Å². The highest BCUT2D eigenvalue weighted by Gasteiger charge is 2.39. The lowest BCUT2D eigenvalue weighted by Gasteiger charge is -2.21. The Morgan fingerprint density at radius 3 is 2.50 bits per heavy atom. The zero-order valence-electron chi connectivity index (χ0n) is 8.46. The van der Waals surface area contributed by atoms with Crippen molar-refractivity contribution >= 4 is 0 Å². The van der Waals surface area contributed by atoms with Crippen molar-refractivity contribution in [2.24, 2.45) is 0 Å². The number of aliphatic hydroxyl groups is 3. The molecular weight excluding hydrogens is 188 g/mol. The fourth-order valence-corrected chi connectivity index (χ4v) is 1.35. The molecule has 1 heterocycles. The molecule has 1 aliphatic heterocycles. The first kappa shape index (κ1) is 11.9. The van der Waals surface area contributed by atoms with Crippen LogP contribution >= 0.6 is 0 Å². The second-order valence-corrected chi connectivity index (χ2v) is 3.81. The van der Waals surface area contributed by atoms with Crippen LogP contribution in [0.15, 0.2) is 0 Å². The van der Waals surface area contributed by atoms with E-state index in [2.05, 4.69) is 0 Å². The Labute approximate surface area is 83.3 Å². The van der Waals surface area contributed by atoms with E-state index in [1.54, 1.807) is 0 Å². The third-order valence-corrected chi connectivity index (χ3v) is 2.17. The first-order valence-electron chi connectivity index (χ1n) is 4.79. The highest BCUT2D eigenvalue weighted by Crippen LogP contribution is 2.17. The van der Waals surface area contributed by atoms with Gasteiger partial charge in [0.2, 0.25) is 0 Å². The summed E-state index contributed by atoms with van der Waals surface area (Å²) in [4.78, 5) is 0. The summed E-state index contributed by atoms with van der Waals surface area (Å²) < 4.78 is 10.2. The van der Waals surface area contributed by atoms with Crippen LogP contribution in [-0.2, 0) is 9.47 Å². The van der Waals surface area contributed by atoms with Gasteiger partial charge in [0.25, 0.3) is 0 Å². The van der Waals surface area contributed by atoms with Gasteiger partial charge in [0.15, 0.2) is 0 Å². The molecule has 0 aliphatic carbocycles. The molecule has 0 aromatic carbocycles. The van der Waals surface area contributed by atoms with Crippen molar-refractivity contribution < 1.29 is 24.8 Å². The molecule has 84 valence electrons. The number of hydrogen-bond acceptors (Lipinski definition) is 5. The second-order valence-electron chi connectivity index (χ2n) is 3.81. The van der Waals surface area contributed by atoms with E-state index in [1.165, 1.54) is 0 Å². The summed E-state index contributed by atoms with van der Waals surface area (Å²) in [5, 5.41) is 28.1.